The highest BCUT2D eigenvalue weighted by Gasteiger charge is 2.57. The van der Waals surface area contributed by atoms with E-state index in [0.717, 1.165) is 11.1 Å². The lowest BCUT2D eigenvalue weighted by molar-refractivity contribution is -0.155. The van der Waals surface area contributed by atoms with E-state index in [1.54, 1.807) is 35.0 Å². The number of halogens is 2. The second-order valence-electron chi connectivity index (χ2n) is 8.98. The van der Waals surface area contributed by atoms with Crippen LogP contribution >= 0.6 is 23.4 Å². The number of carbonyl (C=O) groups is 3. The van der Waals surface area contributed by atoms with Crippen LogP contribution in [0.3, 0.4) is 0 Å². The molecule has 3 fully saturated rings. The highest BCUT2D eigenvalue weighted by atomic mass is 35.5. The van der Waals surface area contributed by atoms with Crippen molar-refractivity contribution in [1.29, 1.82) is 0 Å². The molecule has 2 aromatic rings. The summed E-state index contributed by atoms with van der Waals surface area (Å²) < 4.78 is 19.2. The SMILES string of the molecule is CN1C(=O)CC(COC(=O)C2CSC3(c4ccc(F)cc4)CCC(=O)N23)C1c1cccc(Cl)c1. The lowest BCUT2D eigenvalue weighted by atomic mass is 9.94. The van der Waals surface area contributed by atoms with Crippen molar-refractivity contribution in [1.82, 2.24) is 9.80 Å². The van der Waals surface area contributed by atoms with Gasteiger partial charge in [0.05, 0.1) is 12.6 Å². The van der Waals surface area contributed by atoms with Crippen LogP contribution in [-0.4, -0.2) is 53.0 Å². The number of hydrogen-bond donors (Lipinski definition) is 0. The summed E-state index contributed by atoms with van der Waals surface area (Å²) in [6.07, 6.45) is 1.15. The van der Waals surface area contributed by atoms with E-state index < -0.39 is 16.9 Å². The second kappa shape index (κ2) is 8.89. The van der Waals surface area contributed by atoms with Gasteiger partial charge in [-0.05, 0) is 41.8 Å². The standard InChI is InChI=1S/C25H24ClFN2O4S/c1-28-22(31)12-16(23(28)15-3-2-4-18(26)11-15)13-33-24(32)20-14-34-25(10-9-21(30)29(20)25)17-5-7-19(27)8-6-17/h2-8,11,16,20,23H,9-10,12-14H2,1H3. The molecule has 0 spiro atoms. The first-order chi connectivity index (χ1) is 16.3. The molecule has 4 unspecified atom stereocenters. The number of benzene rings is 2. The predicted octanol–water partition coefficient (Wildman–Crippen LogP) is 4.13. The summed E-state index contributed by atoms with van der Waals surface area (Å²) in [5, 5.41) is 0.577. The molecule has 0 saturated carbocycles. The Hall–Kier alpha value is -2.58. The van der Waals surface area contributed by atoms with Crippen molar-refractivity contribution in [3.63, 3.8) is 0 Å². The Morgan fingerprint density at radius 1 is 1.21 bits per heavy atom. The molecule has 5 rings (SSSR count). The molecule has 0 aromatic heterocycles. The van der Waals surface area contributed by atoms with Crippen LogP contribution in [0.1, 0.15) is 36.4 Å². The van der Waals surface area contributed by atoms with Gasteiger partial charge in [0.15, 0.2) is 0 Å². The largest absolute Gasteiger partial charge is 0.464 e. The molecule has 9 heteroatoms. The zero-order valence-corrected chi connectivity index (χ0v) is 20.2. The lowest BCUT2D eigenvalue weighted by Crippen LogP contribution is -2.47. The summed E-state index contributed by atoms with van der Waals surface area (Å²) in [6, 6.07) is 12.5. The van der Waals surface area contributed by atoms with Crippen molar-refractivity contribution < 1.29 is 23.5 Å². The Morgan fingerprint density at radius 2 is 1.97 bits per heavy atom. The fourth-order valence-corrected chi connectivity index (χ4v) is 7.24. The third-order valence-corrected chi connectivity index (χ3v) is 8.85. The molecule has 0 aliphatic carbocycles. The molecule has 2 amide bonds. The van der Waals surface area contributed by atoms with Crippen LogP contribution in [0.4, 0.5) is 4.39 Å². The molecule has 0 N–H and O–H groups in total. The Kier molecular flexibility index (Phi) is 6.06. The lowest BCUT2D eigenvalue weighted by Gasteiger charge is -2.34. The number of carbonyl (C=O) groups excluding carboxylic acids is 3. The number of rotatable bonds is 5. The molecule has 3 aliphatic heterocycles. The van der Waals surface area contributed by atoms with Crippen molar-refractivity contribution >= 4 is 41.1 Å². The van der Waals surface area contributed by atoms with Crippen molar-refractivity contribution in [2.24, 2.45) is 5.92 Å². The van der Waals surface area contributed by atoms with Gasteiger partial charge >= 0.3 is 5.97 Å². The van der Waals surface area contributed by atoms with E-state index in [1.807, 2.05) is 18.2 Å². The van der Waals surface area contributed by atoms with Gasteiger partial charge < -0.3 is 14.5 Å². The minimum absolute atomic E-state index is 0.0208. The Balaban J connectivity index is 1.32. The topological polar surface area (TPSA) is 66.9 Å². The average Bonchev–Trinajstić information content (AvgIpc) is 3.45. The first-order valence-corrected chi connectivity index (χ1v) is 12.6. The smallest absolute Gasteiger partial charge is 0.329 e. The summed E-state index contributed by atoms with van der Waals surface area (Å²) in [5.41, 5.74) is 1.70. The Bertz CT molecular complexity index is 1150. The van der Waals surface area contributed by atoms with Gasteiger partial charge in [0.1, 0.15) is 16.7 Å². The molecule has 3 heterocycles. The van der Waals surface area contributed by atoms with Crippen molar-refractivity contribution in [3.8, 4) is 0 Å². The van der Waals surface area contributed by atoms with Crippen LogP contribution in [0.2, 0.25) is 5.02 Å². The molecular formula is C25H24ClFN2O4S. The van der Waals surface area contributed by atoms with E-state index in [1.165, 1.54) is 23.9 Å². The molecule has 4 atom stereocenters. The summed E-state index contributed by atoms with van der Waals surface area (Å²) >= 11 is 7.68. The quantitative estimate of drug-likeness (QED) is 0.575. The van der Waals surface area contributed by atoms with E-state index in [9.17, 15) is 18.8 Å². The van der Waals surface area contributed by atoms with E-state index in [2.05, 4.69) is 0 Å². The maximum atomic E-state index is 13.5. The number of thioether (sulfide) groups is 1. The molecule has 6 nitrogen and oxygen atoms in total. The molecule has 2 aromatic carbocycles. The van der Waals surface area contributed by atoms with Crippen molar-refractivity contribution in [3.05, 3.63) is 70.5 Å². The second-order valence-corrected chi connectivity index (χ2v) is 10.7. The third kappa shape index (κ3) is 3.86. The molecule has 34 heavy (non-hydrogen) atoms. The number of fused-ring (bicyclic) bond motifs is 1. The summed E-state index contributed by atoms with van der Waals surface area (Å²) in [6.45, 7) is 0.0683. The van der Waals surface area contributed by atoms with Gasteiger partial charge in [-0.1, -0.05) is 35.9 Å². The van der Waals surface area contributed by atoms with Gasteiger partial charge in [0, 0.05) is 36.6 Å². The fraction of sp³-hybridized carbons (Fsp3) is 0.400. The number of likely N-dealkylation sites (tertiary alicyclic amines) is 1. The highest BCUT2D eigenvalue weighted by molar-refractivity contribution is 8.00. The third-order valence-electron chi connectivity index (χ3n) is 7.02. The van der Waals surface area contributed by atoms with E-state index in [-0.39, 0.29) is 42.6 Å². The van der Waals surface area contributed by atoms with Crippen LogP contribution in [0, 0.1) is 11.7 Å². The normalized spacial score (nSPS) is 28.5. The molecule has 3 saturated heterocycles. The Labute approximate surface area is 206 Å². The number of esters is 1. The predicted molar refractivity (Wildman–Crippen MR) is 126 cm³/mol. The maximum Gasteiger partial charge on any atom is 0.329 e. The number of hydrogen-bond acceptors (Lipinski definition) is 5. The van der Waals surface area contributed by atoms with Gasteiger partial charge in [-0.3, -0.25) is 9.59 Å². The zero-order chi connectivity index (χ0) is 24.0. The van der Waals surface area contributed by atoms with Crippen LogP contribution in [0.25, 0.3) is 0 Å². The average molecular weight is 503 g/mol. The molecular weight excluding hydrogens is 479 g/mol. The molecule has 3 aliphatic rings. The summed E-state index contributed by atoms with van der Waals surface area (Å²) in [5.74, 6) is -0.760. The maximum absolute atomic E-state index is 13.5. The highest BCUT2D eigenvalue weighted by Crippen LogP contribution is 2.54. The Morgan fingerprint density at radius 3 is 2.71 bits per heavy atom. The van der Waals surface area contributed by atoms with Gasteiger partial charge in [-0.15, -0.1) is 11.8 Å². The van der Waals surface area contributed by atoms with Gasteiger partial charge in [-0.25, -0.2) is 9.18 Å². The van der Waals surface area contributed by atoms with Crippen LogP contribution < -0.4 is 0 Å². The van der Waals surface area contributed by atoms with E-state index in [0.29, 0.717) is 23.6 Å². The van der Waals surface area contributed by atoms with Gasteiger partial charge in [0.25, 0.3) is 0 Å². The summed E-state index contributed by atoms with van der Waals surface area (Å²) in [7, 11) is 1.74. The van der Waals surface area contributed by atoms with Crippen LogP contribution in [0.5, 0.6) is 0 Å². The van der Waals surface area contributed by atoms with Crippen molar-refractivity contribution in [2.75, 3.05) is 19.4 Å². The van der Waals surface area contributed by atoms with Crippen molar-refractivity contribution in [2.45, 2.75) is 36.2 Å². The summed E-state index contributed by atoms with van der Waals surface area (Å²) in [4.78, 5) is 41.0. The van der Waals surface area contributed by atoms with Crippen LogP contribution in [-0.2, 0) is 24.0 Å². The monoisotopic (exact) mass is 502 g/mol. The fourth-order valence-electron chi connectivity index (χ4n) is 5.40. The van der Waals surface area contributed by atoms with Crippen LogP contribution in [0.15, 0.2) is 48.5 Å². The first kappa shape index (κ1) is 23.2. The van der Waals surface area contributed by atoms with Gasteiger partial charge in [-0.2, -0.15) is 0 Å². The number of nitrogens with zero attached hydrogens (tertiary/aromatic N) is 2. The molecule has 178 valence electrons. The molecule has 0 bridgehead atoms. The zero-order valence-electron chi connectivity index (χ0n) is 18.6. The van der Waals surface area contributed by atoms with E-state index in [4.69, 9.17) is 16.3 Å². The number of ether oxygens (including phenoxy) is 1. The van der Waals surface area contributed by atoms with Gasteiger partial charge in [0.2, 0.25) is 11.8 Å². The number of amides is 2. The minimum Gasteiger partial charge on any atom is -0.464 e. The first-order valence-electron chi connectivity index (χ1n) is 11.2. The molecule has 0 radical (unpaired) electrons. The minimum atomic E-state index is -0.718. The van der Waals surface area contributed by atoms with E-state index >= 15 is 0 Å².